The van der Waals surface area contributed by atoms with Crippen molar-refractivity contribution in [2.24, 2.45) is 5.92 Å². The van der Waals surface area contributed by atoms with E-state index in [0.29, 0.717) is 28.5 Å². The molecule has 8 heteroatoms. The van der Waals surface area contributed by atoms with Gasteiger partial charge in [-0.1, -0.05) is 37.7 Å². The first-order valence-electron chi connectivity index (χ1n) is 8.38. The van der Waals surface area contributed by atoms with Crippen LogP contribution in [-0.4, -0.2) is 40.8 Å². The Hall–Kier alpha value is -2.35. The molecule has 0 spiro atoms. The second kappa shape index (κ2) is 9.38. The van der Waals surface area contributed by atoms with Crippen LogP contribution in [0.25, 0.3) is 10.9 Å². The van der Waals surface area contributed by atoms with E-state index >= 15 is 0 Å². The van der Waals surface area contributed by atoms with E-state index in [1.165, 1.54) is 23.4 Å². The minimum Gasteiger partial charge on any atom is -0.469 e. The molecule has 0 radical (unpaired) electrons. The predicted octanol–water partition coefficient (Wildman–Crippen LogP) is 1.82. The first kappa shape index (κ1) is 20.0. The number of rotatable bonds is 8. The van der Waals surface area contributed by atoms with Crippen LogP contribution in [0.1, 0.15) is 20.3 Å². The van der Waals surface area contributed by atoms with Gasteiger partial charge in [-0.05, 0) is 18.1 Å². The summed E-state index contributed by atoms with van der Waals surface area (Å²) in [6, 6.07) is 7.02. The number of nitrogens with one attached hydrogen (secondary N) is 1. The highest BCUT2D eigenvalue weighted by Gasteiger charge is 2.14. The molecule has 1 amide bonds. The maximum atomic E-state index is 12.8. The summed E-state index contributed by atoms with van der Waals surface area (Å²) in [5, 5.41) is 3.73. The first-order chi connectivity index (χ1) is 12.4. The van der Waals surface area contributed by atoms with Crippen LogP contribution >= 0.6 is 11.8 Å². The average Bonchev–Trinajstić information content (AvgIpc) is 2.63. The molecule has 0 saturated carbocycles. The van der Waals surface area contributed by atoms with E-state index in [9.17, 15) is 14.4 Å². The summed E-state index contributed by atoms with van der Waals surface area (Å²) in [5.41, 5.74) is 0.335. The summed E-state index contributed by atoms with van der Waals surface area (Å²) in [4.78, 5) is 40.7. The standard InChI is InChI=1S/C18H23N3O4S/c1-12(2)10-19-15(22)11-26-18-20-14-7-5-4-6-13(14)17(24)21(18)9-8-16(23)25-3/h4-7,12H,8-11H2,1-3H3,(H,19,22). The number of hydrogen-bond acceptors (Lipinski definition) is 6. The second-order valence-electron chi connectivity index (χ2n) is 6.18. The fraction of sp³-hybridized carbons (Fsp3) is 0.444. The normalized spacial score (nSPS) is 10.9. The highest BCUT2D eigenvalue weighted by Crippen LogP contribution is 2.18. The lowest BCUT2D eigenvalue weighted by atomic mass is 10.2. The molecule has 2 rings (SSSR count). The van der Waals surface area contributed by atoms with Gasteiger partial charge in [-0.25, -0.2) is 4.98 Å². The summed E-state index contributed by atoms with van der Waals surface area (Å²) in [6.45, 7) is 4.78. The number of ether oxygens (including phenoxy) is 1. The van der Waals surface area contributed by atoms with Gasteiger partial charge in [0.15, 0.2) is 5.16 Å². The third-order valence-electron chi connectivity index (χ3n) is 3.63. The number of methoxy groups -OCH3 is 1. The van der Waals surface area contributed by atoms with Crippen molar-refractivity contribution in [3.63, 3.8) is 0 Å². The second-order valence-corrected chi connectivity index (χ2v) is 7.12. The molecule has 0 bridgehead atoms. The molecule has 0 fully saturated rings. The Bertz CT molecular complexity index is 848. The molecule has 1 aromatic carbocycles. The smallest absolute Gasteiger partial charge is 0.307 e. The monoisotopic (exact) mass is 377 g/mol. The van der Waals surface area contributed by atoms with Crippen LogP contribution in [0, 0.1) is 5.92 Å². The van der Waals surface area contributed by atoms with Crippen LogP contribution in [0.15, 0.2) is 34.2 Å². The number of esters is 1. The van der Waals surface area contributed by atoms with Gasteiger partial charge in [0.2, 0.25) is 5.91 Å². The van der Waals surface area contributed by atoms with Gasteiger partial charge in [0.25, 0.3) is 5.56 Å². The van der Waals surface area contributed by atoms with Crippen LogP contribution < -0.4 is 10.9 Å². The summed E-state index contributed by atoms with van der Waals surface area (Å²) >= 11 is 1.18. The maximum Gasteiger partial charge on any atom is 0.307 e. The predicted molar refractivity (Wildman–Crippen MR) is 101 cm³/mol. The summed E-state index contributed by atoms with van der Waals surface area (Å²) in [6.07, 6.45) is 0.0591. The Kier molecular flexibility index (Phi) is 7.20. The Balaban J connectivity index is 2.25. The quantitative estimate of drug-likeness (QED) is 0.429. The molecule has 1 N–H and O–H groups in total. The zero-order valence-electron chi connectivity index (χ0n) is 15.2. The lowest BCUT2D eigenvalue weighted by Gasteiger charge is -2.13. The van der Waals surface area contributed by atoms with E-state index in [-0.39, 0.29) is 30.2 Å². The van der Waals surface area contributed by atoms with Crippen molar-refractivity contribution in [2.45, 2.75) is 32.0 Å². The van der Waals surface area contributed by atoms with Gasteiger partial charge in [0.1, 0.15) is 0 Å². The van der Waals surface area contributed by atoms with Crippen molar-refractivity contribution in [3.8, 4) is 0 Å². The van der Waals surface area contributed by atoms with Crippen molar-refractivity contribution < 1.29 is 14.3 Å². The third kappa shape index (κ3) is 5.32. The van der Waals surface area contributed by atoms with Crippen LogP contribution in [-0.2, 0) is 20.9 Å². The molecule has 0 unspecified atom stereocenters. The molecule has 26 heavy (non-hydrogen) atoms. The van der Waals surface area contributed by atoms with Gasteiger partial charge in [-0.3, -0.25) is 19.0 Å². The van der Waals surface area contributed by atoms with Gasteiger partial charge < -0.3 is 10.1 Å². The number of carbonyl (C=O) groups is 2. The fourth-order valence-electron chi connectivity index (χ4n) is 2.26. The molecular formula is C18H23N3O4S. The molecule has 0 aliphatic heterocycles. The van der Waals surface area contributed by atoms with Crippen molar-refractivity contribution >= 4 is 34.5 Å². The number of hydrogen-bond donors (Lipinski definition) is 1. The minimum atomic E-state index is -0.407. The highest BCUT2D eigenvalue weighted by molar-refractivity contribution is 7.99. The van der Waals surface area contributed by atoms with Crippen molar-refractivity contribution in [1.82, 2.24) is 14.9 Å². The molecule has 0 saturated heterocycles. The number of aromatic nitrogens is 2. The van der Waals surface area contributed by atoms with E-state index < -0.39 is 5.97 Å². The molecule has 2 aromatic rings. The van der Waals surface area contributed by atoms with Gasteiger partial charge in [-0.15, -0.1) is 0 Å². The van der Waals surface area contributed by atoms with Gasteiger partial charge in [-0.2, -0.15) is 0 Å². The molecule has 0 atom stereocenters. The van der Waals surface area contributed by atoms with Crippen LogP contribution in [0.4, 0.5) is 0 Å². The zero-order chi connectivity index (χ0) is 19.1. The summed E-state index contributed by atoms with van der Waals surface area (Å²) in [7, 11) is 1.30. The van der Waals surface area contributed by atoms with Crippen LogP contribution in [0.2, 0.25) is 0 Å². The van der Waals surface area contributed by atoms with E-state index in [0.717, 1.165) is 0 Å². The van der Waals surface area contributed by atoms with E-state index in [1.54, 1.807) is 24.3 Å². The highest BCUT2D eigenvalue weighted by atomic mass is 32.2. The van der Waals surface area contributed by atoms with Crippen molar-refractivity contribution in [2.75, 3.05) is 19.4 Å². The Morgan fingerprint density at radius 1 is 1.31 bits per heavy atom. The largest absolute Gasteiger partial charge is 0.469 e. The number of benzene rings is 1. The number of thioether (sulfide) groups is 1. The van der Waals surface area contributed by atoms with Gasteiger partial charge >= 0.3 is 5.97 Å². The number of fused-ring (bicyclic) bond motifs is 1. The lowest BCUT2D eigenvalue weighted by molar-refractivity contribution is -0.140. The zero-order valence-corrected chi connectivity index (χ0v) is 16.0. The first-order valence-corrected chi connectivity index (χ1v) is 9.36. The van der Waals surface area contributed by atoms with Crippen LogP contribution in [0.3, 0.4) is 0 Å². The Labute approximate surface area is 156 Å². The minimum absolute atomic E-state index is 0.0591. The number of carbonyl (C=O) groups excluding carboxylic acids is 2. The van der Waals surface area contributed by atoms with Crippen LogP contribution in [0.5, 0.6) is 0 Å². The lowest BCUT2D eigenvalue weighted by Crippen LogP contribution is -2.30. The number of nitrogens with zero attached hydrogens (tertiary/aromatic N) is 2. The van der Waals surface area contributed by atoms with Gasteiger partial charge in [0, 0.05) is 13.1 Å². The number of amides is 1. The van der Waals surface area contributed by atoms with E-state index in [2.05, 4.69) is 15.0 Å². The molecular weight excluding hydrogens is 354 g/mol. The summed E-state index contributed by atoms with van der Waals surface area (Å²) < 4.78 is 6.08. The maximum absolute atomic E-state index is 12.8. The molecule has 1 heterocycles. The van der Waals surface area contributed by atoms with E-state index in [1.807, 2.05) is 13.8 Å². The number of para-hydroxylation sites is 1. The molecule has 7 nitrogen and oxygen atoms in total. The average molecular weight is 377 g/mol. The SMILES string of the molecule is COC(=O)CCn1c(SCC(=O)NCC(C)C)nc2ccccc2c1=O. The third-order valence-corrected chi connectivity index (χ3v) is 4.61. The Morgan fingerprint density at radius 3 is 2.73 bits per heavy atom. The molecule has 0 aliphatic carbocycles. The van der Waals surface area contributed by atoms with E-state index in [4.69, 9.17) is 0 Å². The van der Waals surface area contributed by atoms with Crippen molar-refractivity contribution in [3.05, 3.63) is 34.6 Å². The van der Waals surface area contributed by atoms with Crippen molar-refractivity contribution in [1.29, 1.82) is 0 Å². The topological polar surface area (TPSA) is 90.3 Å². The summed E-state index contributed by atoms with van der Waals surface area (Å²) in [5.74, 6) is -0.0160. The molecule has 140 valence electrons. The fourth-order valence-corrected chi connectivity index (χ4v) is 3.11. The Morgan fingerprint density at radius 2 is 2.04 bits per heavy atom. The molecule has 1 aromatic heterocycles. The van der Waals surface area contributed by atoms with Gasteiger partial charge in [0.05, 0.1) is 30.2 Å². The molecule has 0 aliphatic rings.